The van der Waals surface area contributed by atoms with Gasteiger partial charge in [0.05, 0.1) is 23.8 Å². The van der Waals surface area contributed by atoms with Gasteiger partial charge in [-0.1, -0.05) is 0 Å². The molecule has 2 aliphatic rings. The van der Waals surface area contributed by atoms with Crippen molar-refractivity contribution in [2.75, 3.05) is 6.54 Å². The van der Waals surface area contributed by atoms with Crippen molar-refractivity contribution in [2.24, 2.45) is 0 Å². The molecule has 1 N–H and O–H groups in total. The number of aryl methyl sites for hydroxylation is 1. The summed E-state index contributed by atoms with van der Waals surface area (Å²) < 4.78 is 2.07. The number of benzene rings is 1. The first-order valence-corrected chi connectivity index (χ1v) is 10.00. The molecule has 4 rings (SSSR count). The van der Waals surface area contributed by atoms with Crippen LogP contribution >= 0.6 is 0 Å². The Hall–Kier alpha value is -2.42. The van der Waals surface area contributed by atoms with Crippen molar-refractivity contribution in [3.8, 4) is 11.8 Å². The molecule has 0 saturated carbocycles. The molecule has 0 aliphatic carbocycles. The van der Waals surface area contributed by atoms with Gasteiger partial charge in [0.15, 0.2) is 5.78 Å². The van der Waals surface area contributed by atoms with E-state index in [-0.39, 0.29) is 5.78 Å². The van der Waals surface area contributed by atoms with Crippen LogP contribution in [0, 0.1) is 25.2 Å². The minimum Gasteiger partial charge on any atom is -0.390 e. The lowest BCUT2D eigenvalue weighted by Crippen LogP contribution is -2.51. The van der Waals surface area contributed by atoms with E-state index in [1.165, 1.54) is 0 Å². The van der Waals surface area contributed by atoms with E-state index in [1.54, 1.807) is 12.1 Å². The number of aromatic nitrogens is 1. The molecular formula is C23H27N3O2. The van der Waals surface area contributed by atoms with Gasteiger partial charge in [0.1, 0.15) is 0 Å². The SMILES string of the molecule is Cc1cc(C(=O)CN2[C@@H]3CC[C@H]2C[C@](C)(O)C3)c(C)n1-c1ccc(C#N)cc1. The van der Waals surface area contributed by atoms with Gasteiger partial charge in [-0.3, -0.25) is 9.69 Å². The molecule has 3 heterocycles. The van der Waals surface area contributed by atoms with Crippen molar-refractivity contribution in [3.63, 3.8) is 0 Å². The Morgan fingerprint density at radius 1 is 1.21 bits per heavy atom. The molecule has 28 heavy (non-hydrogen) atoms. The Bertz CT molecular complexity index is 933. The van der Waals surface area contributed by atoms with E-state index in [9.17, 15) is 9.90 Å². The van der Waals surface area contributed by atoms with Crippen molar-refractivity contribution in [1.29, 1.82) is 5.26 Å². The topological polar surface area (TPSA) is 69.3 Å². The zero-order valence-corrected chi connectivity index (χ0v) is 16.8. The van der Waals surface area contributed by atoms with Crippen molar-refractivity contribution < 1.29 is 9.90 Å². The van der Waals surface area contributed by atoms with E-state index in [1.807, 2.05) is 39.0 Å². The monoisotopic (exact) mass is 377 g/mol. The average Bonchev–Trinajstić information content (AvgIpc) is 3.08. The number of nitrogens with zero attached hydrogens (tertiary/aromatic N) is 3. The third-order valence-corrected chi connectivity index (χ3v) is 6.43. The number of ketones is 1. The van der Waals surface area contributed by atoms with E-state index in [0.29, 0.717) is 24.2 Å². The standard InChI is InChI=1S/C23H27N3O2/c1-15-10-21(16(2)26(15)18-6-4-17(13-24)5-7-18)22(27)14-25-19-8-9-20(25)12-23(3,28)11-19/h4-7,10,19-20,28H,8-9,11-12,14H2,1-3H3/t19-,20+,23-. The highest BCUT2D eigenvalue weighted by Crippen LogP contribution is 2.40. The maximum Gasteiger partial charge on any atom is 0.178 e. The lowest BCUT2D eigenvalue weighted by Gasteiger charge is -2.41. The van der Waals surface area contributed by atoms with Gasteiger partial charge in [-0.2, -0.15) is 5.26 Å². The first kappa shape index (κ1) is 18.9. The largest absolute Gasteiger partial charge is 0.390 e. The predicted molar refractivity (Wildman–Crippen MR) is 108 cm³/mol. The fraction of sp³-hybridized carbons (Fsp3) is 0.478. The fourth-order valence-corrected chi connectivity index (χ4v) is 5.19. The highest BCUT2D eigenvalue weighted by atomic mass is 16.3. The molecule has 0 amide bonds. The predicted octanol–water partition coefficient (Wildman–Crippen LogP) is 3.53. The van der Waals surface area contributed by atoms with Gasteiger partial charge in [-0.15, -0.1) is 0 Å². The summed E-state index contributed by atoms with van der Waals surface area (Å²) >= 11 is 0. The number of hydrogen-bond donors (Lipinski definition) is 1. The molecule has 146 valence electrons. The lowest BCUT2D eigenvalue weighted by atomic mass is 9.87. The molecular weight excluding hydrogens is 350 g/mol. The molecule has 5 nitrogen and oxygen atoms in total. The Morgan fingerprint density at radius 2 is 1.82 bits per heavy atom. The molecule has 1 aromatic carbocycles. The summed E-state index contributed by atoms with van der Waals surface area (Å²) in [7, 11) is 0. The molecule has 0 spiro atoms. The lowest BCUT2D eigenvalue weighted by molar-refractivity contribution is -0.0360. The van der Waals surface area contributed by atoms with Gasteiger partial charge in [-0.05, 0) is 76.8 Å². The van der Waals surface area contributed by atoms with Gasteiger partial charge in [0, 0.05) is 34.7 Å². The molecule has 0 unspecified atom stereocenters. The highest BCUT2D eigenvalue weighted by molar-refractivity contribution is 5.99. The molecule has 1 aromatic heterocycles. The molecule has 0 radical (unpaired) electrons. The number of rotatable bonds is 4. The number of fused-ring (bicyclic) bond motifs is 2. The number of nitriles is 1. The molecule has 2 aromatic rings. The molecule has 2 fully saturated rings. The minimum absolute atomic E-state index is 0.145. The normalized spacial score (nSPS) is 27.0. The summed E-state index contributed by atoms with van der Waals surface area (Å²) in [5.74, 6) is 0.145. The van der Waals surface area contributed by atoms with Crippen LogP contribution < -0.4 is 0 Å². The van der Waals surface area contributed by atoms with Crippen LogP contribution in [-0.4, -0.2) is 44.6 Å². The number of hydrogen-bond acceptors (Lipinski definition) is 4. The number of carbonyl (C=O) groups excluding carboxylic acids is 1. The summed E-state index contributed by atoms with van der Waals surface area (Å²) in [6.45, 7) is 6.32. The number of Topliss-reactive ketones (excluding diaryl/α,β-unsaturated/α-hetero) is 1. The second-order valence-corrected chi connectivity index (χ2v) is 8.66. The minimum atomic E-state index is -0.600. The zero-order chi connectivity index (χ0) is 20.1. The third-order valence-electron chi connectivity index (χ3n) is 6.43. The van der Waals surface area contributed by atoms with Crippen LogP contribution in [0.3, 0.4) is 0 Å². The first-order chi connectivity index (χ1) is 13.3. The first-order valence-electron chi connectivity index (χ1n) is 10.00. The van der Waals surface area contributed by atoms with Crippen LogP contribution in [0.5, 0.6) is 0 Å². The van der Waals surface area contributed by atoms with Crippen LogP contribution in [0.25, 0.3) is 5.69 Å². The third kappa shape index (κ3) is 3.28. The van der Waals surface area contributed by atoms with E-state index < -0.39 is 5.60 Å². The Kier molecular flexibility index (Phi) is 4.65. The van der Waals surface area contributed by atoms with Crippen molar-refractivity contribution in [3.05, 3.63) is 52.8 Å². The van der Waals surface area contributed by atoms with Gasteiger partial charge in [-0.25, -0.2) is 0 Å². The molecule has 5 heteroatoms. The van der Waals surface area contributed by atoms with Crippen molar-refractivity contribution in [2.45, 2.75) is 64.1 Å². The second-order valence-electron chi connectivity index (χ2n) is 8.66. The zero-order valence-electron chi connectivity index (χ0n) is 16.8. The van der Waals surface area contributed by atoms with Crippen molar-refractivity contribution in [1.82, 2.24) is 9.47 Å². The number of aliphatic hydroxyl groups is 1. The summed E-state index contributed by atoms with van der Waals surface area (Å²) in [5, 5.41) is 19.4. The summed E-state index contributed by atoms with van der Waals surface area (Å²) in [4.78, 5) is 15.5. The smallest absolute Gasteiger partial charge is 0.178 e. The van der Waals surface area contributed by atoms with E-state index in [2.05, 4.69) is 15.5 Å². The summed E-state index contributed by atoms with van der Waals surface area (Å²) in [6.07, 6.45) is 3.64. The molecule has 2 saturated heterocycles. The van der Waals surface area contributed by atoms with Gasteiger partial charge < -0.3 is 9.67 Å². The number of carbonyl (C=O) groups is 1. The van der Waals surface area contributed by atoms with Crippen LogP contribution in [-0.2, 0) is 0 Å². The summed E-state index contributed by atoms with van der Waals surface area (Å²) in [6, 6.07) is 12.1. The molecule has 3 atom stereocenters. The maximum atomic E-state index is 13.2. The van der Waals surface area contributed by atoms with E-state index in [4.69, 9.17) is 5.26 Å². The Morgan fingerprint density at radius 3 is 2.39 bits per heavy atom. The van der Waals surface area contributed by atoms with E-state index >= 15 is 0 Å². The van der Waals surface area contributed by atoms with Gasteiger partial charge in [0.25, 0.3) is 0 Å². The molecule has 2 bridgehead atoms. The number of piperidine rings is 1. The highest BCUT2D eigenvalue weighted by Gasteiger charge is 2.45. The van der Waals surface area contributed by atoms with Crippen molar-refractivity contribution >= 4 is 5.78 Å². The maximum absolute atomic E-state index is 13.2. The quantitative estimate of drug-likeness (QED) is 0.828. The second kappa shape index (κ2) is 6.88. The average molecular weight is 377 g/mol. The van der Waals surface area contributed by atoms with Crippen LogP contribution in [0.15, 0.2) is 30.3 Å². The summed E-state index contributed by atoms with van der Waals surface area (Å²) in [5.41, 5.74) is 3.69. The van der Waals surface area contributed by atoms with Gasteiger partial charge in [0.2, 0.25) is 0 Å². The fourth-order valence-electron chi connectivity index (χ4n) is 5.19. The van der Waals surface area contributed by atoms with E-state index in [0.717, 1.165) is 48.3 Å². The Balaban J connectivity index is 1.57. The van der Waals surface area contributed by atoms with Crippen LogP contribution in [0.4, 0.5) is 0 Å². The molecule has 2 aliphatic heterocycles. The van der Waals surface area contributed by atoms with Crippen LogP contribution in [0.1, 0.15) is 59.9 Å². The van der Waals surface area contributed by atoms with Gasteiger partial charge >= 0.3 is 0 Å². The van der Waals surface area contributed by atoms with Crippen LogP contribution in [0.2, 0.25) is 0 Å². The Labute approximate surface area is 166 Å².